The van der Waals surface area contributed by atoms with Gasteiger partial charge in [0.25, 0.3) is 5.56 Å². The van der Waals surface area contributed by atoms with Crippen molar-refractivity contribution in [3.8, 4) is 0 Å². The number of carboxylic acids is 1. The first kappa shape index (κ1) is 13.9. The zero-order chi connectivity index (χ0) is 15.5. The third kappa shape index (κ3) is 2.56. The van der Waals surface area contributed by atoms with Gasteiger partial charge in [-0.25, -0.2) is 4.79 Å². The lowest BCUT2D eigenvalue weighted by molar-refractivity contribution is 0.0696. The van der Waals surface area contributed by atoms with Crippen molar-refractivity contribution in [1.29, 1.82) is 0 Å². The van der Waals surface area contributed by atoms with Gasteiger partial charge in [-0.1, -0.05) is 48.5 Å². The SMILES string of the molecule is O=C(O)c1c(NCc2ccccc2)c2ccccc2[nH]c1=O. The molecule has 110 valence electrons. The lowest BCUT2D eigenvalue weighted by Gasteiger charge is -2.12. The molecule has 3 aromatic rings. The largest absolute Gasteiger partial charge is 0.477 e. The minimum absolute atomic E-state index is 0.269. The van der Waals surface area contributed by atoms with E-state index in [-0.39, 0.29) is 5.56 Å². The zero-order valence-electron chi connectivity index (χ0n) is 11.7. The van der Waals surface area contributed by atoms with Crippen LogP contribution < -0.4 is 10.9 Å². The molecule has 1 heterocycles. The predicted molar refractivity (Wildman–Crippen MR) is 85.3 cm³/mol. The molecule has 0 fully saturated rings. The number of nitrogens with one attached hydrogen (secondary N) is 2. The molecular formula is C17H14N2O3. The van der Waals surface area contributed by atoms with Crippen LogP contribution in [0.15, 0.2) is 59.4 Å². The van der Waals surface area contributed by atoms with Gasteiger partial charge in [0.15, 0.2) is 0 Å². The number of rotatable bonds is 4. The van der Waals surface area contributed by atoms with Crippen molar-refractivity contribution in [2.45, 2.75) is 6.54 Å². The maximum Gasteiger partial charge on any atom is 0.343 e. The topological polar surface area (TPSA) is 82.2 Å². The fourth-order valence-corrected chi connectivity index (χ4v) is 2.42. The van der Waals surface area contributed by atoms with Crippen molar-refractivity contribution < 1.29 is 9.90 Å². The first-order valence-electron chi connectivity index (χ1n) is 6.83. The van der Waals surface area contributed by atoms with E-state index in [2.05, 4.69) is 10.3 Å². The molecule has 0 aliphatic rings. The van der Waals surface area contributed by atoms with Gasteiger partial charge in [0, 0.05) is 11.9 Å². The fourth-order valence-electron chi connectivity index (χ4n) is 2.42. The fraction of sp³-hybridized carbons (Fsp3) is 0.0588. The number of benzene rings is 2. The van der Waals surface area contributed by atoms with Crippen LogP contribution >= 0.6 is 0 Å². The maximum atomic E-state index is 12.0. The molecule has 0 spiro atoms. The van der Waals surface area contributed by atoms with Gasteiger partial charge in [0.2, 0.25) is 0 Å². The van der Waals surface area contributed by atoms with Crippen LogP contribution in [-0.2, 0) is 6.54 Å². The first-order chi connectivity index (χ1) is 10.7. The van der Waals surface area contributed by atoms with Crippen LogP contribution in [0.25, 0.3) is 10.9 Å². The number of H-pyrrole nitrogens is 1. The maximum absolute atomic E-state index is 12.0. The monoisotopic (exact) mass is 294 g/mol. The number of para-hydroxylation sites is 1. The van der Waals surface area contributed by atoms with Crippen LogP contribution in [0.1, 0.15) is 15.9 Å². The Hall–Kier alpha value is -3.08. The number of aromatic carboxylic acids is 1. The Morgan fingerprint density at radius 1 is 1.05 bits per heavy atom. The van der Waals surface area contributed by atoms with E-state index in [9.17, 15) is 14.7 Å². The molecule has 0 amide bonds. The van der Waals surface area contributed by atoms with Gasteiger partial charge in [-0.05, 0) is 11.6 Å². The first-order valence-corrected chi connectivity index (χ1v) is 6.83. The van der Waals surface area contributed by atoms with E-state index in [1.807, 2.05) is 30.3 Å². The van der Waals surface area contributed by atoms with Crippen molar-refractivity contribution in [1.82, 2.24) is 4.98 Å². The third-order valence-electron chi connectivity index (χ3n) is 3.45. The van der Waals surface area contributed by atoms with Crippen molar-refractivity contribution >= 4 is 22.6 Å². The molecule has 0 unspecified atom stereocenters. The summed E-state index contributed by atoms with van der Waals surface area (Å²) in [5, 5.41) is 13.1. The molecule has 3 N–H and O–H groups in total. The number of hydrogen-bond donors (Lipinski definition) is 3. The summed E-state index contributed by atoms with van der Waals surface area (Å²) in [6, 6.07) is 16.7. The summed E-state index contributed by atoms with van der Waals surface area (Å²) in [6.07, 6.45) is 0. The average molecular weight is 294 g/mol. The Morgan fingerprint density at radius 2 is 1.73 bits per heavy atom. The molecule has 0 radical (unpaired) electrons. The number of hydrogen-bond acceptors (Lipinski definition) is 3. The Bertz CT molecular complexity index is 885. The summed E-state index contributed by atoms with van der Waals surface area (Å²) < 4.78 is 0. The molecule has 0 atom stereocenters. The van der Waals surface area contributed by atoms with E-state index >= 15 is 0 Å². The van der Waals surface area contributed by atoms with Gasteiger partial charge in [0.1, 0.15) is 5.56 Å². The Labute approximate surface area is 126 Å². The molecule has 0 aliphatic heterocycles. The lowest BCUT2D eigenvalue weighted by Crippen LogP contribution is -2.21. The highest BCUT2D eigenvalue weighted by Gasteiger charge is 2.18. The number of aromatic nitrogens is 1. The van der Waals surface area contributed by atoms with Crippen LogP contribution in [0, 0.1) is 0 Å². The second kappa shape index (κ2) is 5.73. The van der Waals surface area contributed by atoms with E-state index in [1.54, 1.807) is 24.3 Å². The van der Waals surface area contributed by atoms with E-state index in [0.29, 0.717) is 23.1 Å². The molecular weight excluding hydrogens is 280 g/mol. The number of carbonyl (C=O) groups is 1. The van der Waals surface area contributed by atoms with Crippen molar-refractivity contribution in [3.63, 3.8) is 0 Å². The van der Waals surface area contributed by atoms with E-state index < -0.39 is 11.5 Å². The van der Waals surface area contributed by atoms with E-state index in [1.165, 1.54) is 0 Å². The molecule has 5 nitrogen and oxygen atoms in total. The summed E-state index contributed by atoms with van der Waals surface area (Å²) in [5.41, 5.74) is 1.07. The summed E-state index contributed by atoms with van der Waals surface area (Å²) in [5.74, 6) is -1.25. The molecule has 5 heteroatoms. The standard InChI is InChI=1S/C17H14N2O3/c20-16-14(17(21)22)15(12-8-4-5-9-13(12)19-16)18-10-11-6-2-1-3-7-11/h1-9H,10H2,(H,21,22)(H2,18,19,20). The minimum Gasteiger partial charge on any atom is -0.477 e. The summed E-state index contributed by atoms with van der Waals surface area (Å²) in [6.45, 7) is 0.439. The van der Waals surface area contributed by atoms with Crippen molar-refractivity contribution in [2.75, 3.05) is 5.32 Å². The highest BCUT2D eigenvalue weighted by atomic mass is 16.4. The highest BCUT2D eigenvalue weighted by molar-refractivity contribution is 6.04. The average Bonchev–Trinajstić information content (AvgIpc) is 2.52. The smallest absolute Gasteiger partial charge is 0.343 e. The van der Waals surface area contributed by atoms with Crippen LogP contribution in [0.2, 0.25) is 0 Å². The normalized spacial score (nSPS) is 10.5. The second-order valence-corrected chi connectivity index (χ2v) is 4.89. The van der Waals surface area contributed by atoms with Gasteiger partial charge in [-0.2, -0.15) is 0 Å². The van der Waals surface area contributed by atoms with Crippen LogP contribution in [0.4, 0.5) is 5.69 Å². The summed E-state index contributed by atoms with van der Waals surface area (Å²) in [7, 11) is 0. The molecule has 0 bridgehead atoms. The number of aromatic amines is 1. The quantitative estimate of drug-likeness (QED) is 0.691. The molecule has 2 aromatic carbocycles. The van der Waals surface area contributed by atoms with Crippen molar-refractivity contribution in [3.05, 3.63) is 76.1 Å². The summed E-state index contributed by atoms with van der Waals surface area (Å²) in [4.78, 5) is 26.1. The molecule has 0 saturated heterocycles. The summed E-state index contributed by atoms with van der Waals surface area (Å²) >= 11 is 0. The van der Waals surface area contributed by atoms with Crippen LogP contribution in [0.3, 0.4) is 0 Å². The molecule has 22 heavy (non-hydrogen) atoms. The Balaban J connectivity index is 2.11. The van der Waals surface area contributed by atoms with Gasteiger partial charge in [-0.3, -0.25) is 4.79 Å². The highest BCUT2D eigenvalue weighted by Crippen LogP contribution is 2.24. The van der Waals surface area contributed by atoms with Gasteiger partial charge in [0.05, 0.1) is 11.2 Å². The van der Waals surface area contributed by atoms with E-state index in [4.69, 9.17) is 0 Å². The lowest BCUT2D eigenvalue weighted by atomic mass is 10.1. The predicted octanol–water partition coefficient (Wildman–Crippen LogP) is 2.84. The van der Waals surface area contributed by atoms with Crippen LogP contribution in [0.5, 0.6) is 0 Å². The van der Waals surface area contributed by atoms with Crippen molar-refractivity contribution in [2.24, 2.45) is 0 Å². The Morgan fingerprint density at radius 3 is 2.45 bits per heavy atom. The second-order valence-electron chi connectivity index (χ2n) is 4.89. The molecule has 1 aromatic heterocycles. The van der Waals surface area contributed by atoms with Gasteiger partial charge in [-0.15, -0.1) is 0 Å². The molecule has 3 rings (SSSR count). The molecule has 0 aliphatic carbocycles. The zero-order valence-corrected chi connectivity index (χ0v) is 11.7. The third-order valence-corrected chi connectivity index (χ3v) is 3.45. The number of pyridine rings is 1. The minimum atomic E-state index is -1.25. The van der Waals surface area contributed by atoms with Gasteiger partial charge >= 0.3 is 5.97 Å². The van der Waals surface area contributed by atoms with Crippen LogP contribution in [-0.4, -0.2) is 16.1 Å². The number of carboxylic acid groups (broad SMARTS) is 1. The van der Waals surface area contributed by atoms with E-state index in [0.717, 1.165) is 5.56 Å². The molecule has 0 saturated carbocycles. The number of anilines is 1. The van der Waals surface area contributed by atoms with Gasteiger partial charge < -0.3 is 15.4 Å². The number of fused-ring (bicyclic) bond motifs is 1. The Kier molecular flexibility index (Phi) is 3.62.